The Morgan fingerprint density at radius 3 is 3.05 bits per heavy atom. The van der Waals surface area contributed by atoms with Gasteiger partial charge in [0.2, 0.25) is 5.88 Å². The molecule has 1 aromatic carbocycles. The average molecular weight is 338 g/mol. The summed E-state index contributed by atoms with van der Waals surface area (Å²) >= 11 is 3.41. The molecule has 2 aromatic rings. The molecule has 0 radical (unpaired) electrons. The Morgan fingerprint density at radius 1 is 1.45 bits per heavy atom. The number of carboxylic acid groups (broad SMARTS) is 1. The van der Waals surface area contributed by atoms with Crippen LogP contribution in [-0.4, -0.2) is 39.7 Å². The van der Waals surface area contributed by atoms with Crippen molar-refractivity contribution in [3.63, 3.8) is 0 Å². The second-order valence-electron chi connectivity index (χ2n) is 4.61. The molecule has 1 aliphatic heterocycles. The van der Waals surface area contributed by atoms with Crippen molar-refractivity contribution < 1.29 is 14.6 Å². The maximum absolute atomic E-state index is 10.9. The van der Waals surface area contributed by atoms with Crippen LogP contribution in [0.25, 0.3) is 10.9 Å². The molecule has 104 valence electrons. The van der Waals surface area contributed by atoms with Crippen LogP contribution >= 0.6 is 15.9 Å². The first-order valence-corrected chi connectivity index (χ1v) is 6.96. The summed E-state index contributed by atoms with van der Waals surface area (Å²) in [5.41, 5.74) is 0.791. The molecule has 1 aromatic heterocycles. The van der Waals surface area contributed by atoms with Crippen LogP contribution in [0.1, 0.15) is 6.42 Å². The fourth-order valence-corrected chi connectivity index (χ4v) is 2.60. The van der Waals surface area contributed by atoms with E-state index in [1.54, 1.807) is 0 Å². The molecule has 7 heteroatoms. The van der Waals surface area contributed by atoms with Crippen LogP contribution in [0, 0.1) is 0 Å². The lowest BCUT2D eigenvalue weighted by Gasteiger charge is -2.13. The quantitative estimate of drug-likeness (QED) is 0.884. The third-order valence-corrected chi connectivity index (χ3v) is 3.72. The van der Waals surface area contributed by atoms with Crippen LogP contribution in [0.5, 0.6) is 5.88 Å². The van der Waals surface area contributed by atoms with E-state index in [0.29, 0.717) is 18.8 Å². The molecule has 2 heterocycles. The number of aliphatic carboxylic acids is 1. The molecule has 2 atom stereocenters. The molecule has 3 rings (SSSR count). The molecule has 2 N–H and O–H groups in total. The number of rotatable bonds is 3. The molecule has 0 aliphatic carbocycles. The van der Waals surface area contributed by atoms with E-state index in [-0.39, 0.29) is 6.10 Å². The largest absolute Gasteiger partial charge is 0.480 e. The zero-order valence-electron chi connectivity index (χ0n) is 10.4. The molecule has 0 spiro atoms. The van der Waals surface area contributed by atoms with Crippen molar-refractivity contribution in [1.82, 2.24) is 15.3 Å². The van der Waals surface area contributed by atoms with Crippen molar-refractivity contribution in [2.24, 2.45) is 0 Å². The molecule has 1 aliphatic rings. The van der Waals surface area contributed by atoms with Crippen molar-refractivity contribution in [2.45, 2.75) is 18.6 Å². The highest BCUT2D eigenvalue weighted by Gasteiger charge is 2.31. The number of carboxylic acids is 1. The van der Waals surface area contributed by atoms with E-state index in [4.69, 9.17) is 9.84 Å². The lowest BCUT2D eigenvalue weighted by atomic mass is 10.2. The number of fused-ring (bicyclic) bond motifs is 1. The Bertz CT molecular complexity index is 664. The van der Waals surface area contributed by atoms with E-state index in [9.17, 15) is 4.79 Å². The summed E-state index contributed by atoms with van der Waals surface area (Å²) in [5, 5.41) is 12.7. The van der Waals surface area contributed by atoms with E-state index < -0.39 is 12.0 Å². The topological polar surface area (TPSA) is 84.3 Å². The number of hydrogen-bond donors (Lipinski definition) is 2. The third kappa shape index (κ3) is 2.59. The van der Waals surface area contributed by atoms with Crippen LogP contribution < -0.4 is 10.1 Å². The summed E-state index contributed by atoms with van der Waals surface area (Å²) in [6.45, 7) is 0.496. The second-order valence-corrected chi connectivity index (χ2v) is 5.53. The molecule has 0 amide bonds. The van der Waals surface area contributed by atoms with Gasteiger partial charge in [-0.3, -0.25) is 4.79 Å². The van der Waals surface area contributed by atoms with Crippen molar-refractivity contribution >= 4 is 32.8 Å². The molecule has 0 unspecified atom stereocenters. The Labute approximate surface area is 123 Å². The summed E-state index contributed by atoms with van der Waals surface area (Å²) in [7, 11) is 0. The van der Waals surface area contributed by atoms with Crippen LogP contribution in [-0.2, 0) is 4.79 Å². The standard InChI is InChI=1S/C13H12BrN3O3/c14-7-1-2-10-9(3-7)12(17-6-16-10)20-8-4-11(13(18)19)15-5-8/h1-3,6,8,11,15H,4-5H2,(H,18,19)/t8-,11+/m1/s1. The van der Waals surface area contributed by atoms with Crippen molar-refractivity contribution in [2.75, 3.05) is 6.54 Å². The van der Waals surface area contributed by atoms with Crippen LogP contribution in [0.4, 0.5) is 0 Å². The number of nitrogens with one attached hydrogen (secondary N) is 1. The van der Waals surface area contributed by atoms with Crippen molar-refractivity contribution in [3.8, 4) is 5.88 Å². The molecule has 0 saturated carbocycles. The lowest BCUT2D eigenvalue weighted by molar-refractivity contribution is -0.139. The Morgan fingerprint density at radius 2 is 2.30 bits per heavy atom. The van der Waals surface area contributed by atoms with Gasteiger partial charge in [0, 0.05) is 17.4 Å². The zero-order valence-corrected chi connectivity index (χ0v) is 12.0. The minimum absolute atomic E-state index is 0.201. The Kier molecular flexibility index (Phi) is 3.54. The van der Waals surface area contributed by atoms with Crippen LogP contribution in [0.15, 0.2) is 29.0 Å². The Hall–Kier alpha value is -1.73. The van der Waals surface area contributed by atoms with Gasteiger partial charge < -0.3 is 15.2 Å². The number of hydrogen-bond acceptors (Lipinski definition) is 5. The van der Waals surface area contributed by atoms with Gasteiger partial charge in [0.05, 0.1) is 10.9 Å². The second kappa shape index (κ2) is 5.34. The fourth-order valence-electron chi connectivity index (χ4n) is 2.24. The highest BCUT2D eigenvalue weighted by Crippen LogP contribution is 2.26. The third-order valence-electron chi connectivity index (χ3n) is 3.23. The van der Waals surface area contributed by atoms with E-state index in [0.717, 1.165) is 15.4 Å². The summed E-state index contributed by atoms with van der Waals surface area (Å²) in [4.78, 5) is 19.2. The SMILES string of the molecule is O=C(O)[C@@H]1C[C@@H](Oc2ncnc3ccc(Br)cc23)CN1. The van der Waals surface area contributed by atoms with Gasteiger partial charge in [-0.1, -0.05) is 15.9 Å². The minimum atomic E-state index is -0.855. The first-order valence-electron chi connectivity index (χ1n) is 6.16. The Balaban J connectivity index is 1.85. The predicted molar refractivity (Wildman–Crippen MR) is 75.7 cm³/mol. The molecular weight excluding hydrogens is 326 g/mol. The van der Waals surface area contributed by atoms with Gasteiger partial charge in [-0.15, -0.1) is 0 Å². The number of halogens is 1. The maximum atomic E-state index is 10.9. The fraction of sp³-hybridized carbons (Fsp3) is 0.308. The molecule has 1 saturated heterocycles. The number of aromatic nitrogens is 2. The highest BCUT2D eigenvalue weighted by molar-refractivity contribution is 9.10. The van der Waals surface area contributed by atoms with E-state index in [1.165, 1.54) is 6.33 Å². The molecule has 6 nitrogen and oxygen atoms in total. The zero-order chi connectivity index (χ0) is 14.1. The van der Waals surface area contributed by atoms with Gasteiger partial charge in [-0.2, -0.15) is 0 Å². The number of ether oxygens (including phenoxy) is 1. The van der Waals surface area contributed by atoms with Gasteiger partial charge in [-0.05, 0) is 18.2 Å². The molecule has 1 fully saturated rings. The smallest absolute Gasteiger partial charge is 0.320 e. The summed E-state index contributed by atoms with van der Waals surface area (Å²) in [6, 6.07) is 5.11. The summed E-state index contributed by atoms with van der Waals surface area (Å²) < 4.78 is 6.74. The van der Waals surface area contributed by atoms with Crippen LogP contribution in [0.2, 0.25) is 0 Å². The van der Waals surface area contributed by atoms with Gasteiger partial charge in [0.1, 0.15) is 18.5 Å². The first kappa shape index (κ1) is 13.3. The van der Waals surface area contributed by atoms with Crippen LogP contribution in [0.3, 0.4) is 0 Å². The summed E-state index contributed by atoms with van der Waals surface area (Å²) in [6.07, 6.45) is 1.67. The van der Waals surface area contributed by atoms with E-state index >= 15 is 0 Å². The number of carbonyl (C=O) groups is 1. The van der Waals surface area contributed by atoms with Gasteiger partial charge in [0.25, 0.3) is 0 Å². The molecule has 0 bridgehead atoms. The molecule has 20 heavy (non-hydrogen) atoms. The van der Waals surface area contributed by atoms with E-state index in [2.05, 4.69) is 31.2 Å². The number of benzene rings is 1. The number of nitrogens with zero attached hydrogens (tertiary/aromatic N) is 2. The first-order chi connectivity index (χ1) is 9.63. The minimum Gasteiger partial charge on any atom is -0.480 e. The predicted octanol–water partition coefficient (Wildman–Crippen LogP) is 1.59. The molecular formula is C13H12BrN3O3. The monoisotopic (exact) mass is 337 g/mol. The van der Waals surface area contributed by atoms with Gasteiger partial charge in [0.15, 0.2) is 0 Å². The highest BCUT2D eigenvalue weighted by atomic mass is 79.9. The lowest BCUT2D eigenvalue weighted by Crippen LogP contribution is -2.30. The van der Waals surface area contributed by atoms with E-state index in [1.807, 2.05) is 18.2 Å². The van der Waals surface area contributed by atoms with Gasteiger partial charge in [-0.25, -0.2) is 9.97 Å². The normalized spacial score (nSPS) is 22.1. The van der Waals surface area contributed by atoms with Crippen molar-refractivity contribution in [3.05, 3.63) is 29.0 Å². The maximum Gasteiger partial charge on any atom is 0.320 e. The van der Waals surface area contributed by atoms with Gasteiger partial charge >= 0.3 is 5.97 Å². The summed E-state index contributed by atoms with van der Waals surface area (Å²) in [5.74, 6) is -0.375. The van der Waals surface area contributed by atoms with Crippen molar-refractivity contribution in [1.29, 1.82) is 0 Å². The average Bonchev–Trinajstić information content (AvgIpc) is 2.88.